The molecule has 0 amide bonds. The van der Waals surface area contributed by atoms with Gasteiger partial charge in [0.25, 0.3) is 0 Å². The number of aryl methyl sites for hydroxylation is 1. The fraction of sp³-hybridized carbons (Fsp3) is 0.650. The first-order chi connectivity index (χ1) is 11.0. The van der Waals surface area contributed by atoms with Crippen LogP contribution in [0.15, 0.2) is 18.2 Å². The lowest BCUT2D eigenvalue weighted by Gasteiger charge is -2.54. The van der Waals surface area contributed by atoms with Crippen molar-refractivity contribution >= 4 is 21.7 Å². The van der Waals surface area contributed by atoms with Crippen LogP contribution in [-0.2, 0) is 11.2 Å². The summed E-state index contributed by atoms with van der Waals surface area (Å²) in [6, 6.07) is 6.61. The number of fused-ring (bicyclic) bond motifs is 5. The van der Waals surface area contributed by atoms with Gasteiger partial charge in [0.15, 0.2) is 0 Å². The molecule has 0 unspecified atom stereocenters. The van der Waals surface area contributed by atoms with Gasteiger partial charge in [0.1, 0.15) is 11.5 Å². The van der Waals surface area contributed by atoms with E-state index in [9.17, 15) is 4.79 Å². The minimum absolute atomic E-state index is 0.0740. The molecular weight excluding hydrogens is 352 g/mol. The molecule has 4 rings (SSSR count). The lowest BCUT2D eigenvalue weighted by atomic mass is 9.50. The highest BCUT2D eigenvalue weighted by Crippen LogP contribution is 2.59. The van der Waals surface area contributed by atoms with Gasteiger partial charge in [-0.1, -0.05) is 28.9 Å². The molecule has 5 atom stereocenters. The van der Waals surface area contributed by atoms with Crippen molar-refractivity contribution in [2.75, 3.05) is 7.11 Å². The number of halogens is 1. The van der Waals surface area contributed by atoms with Crippen molar-refractivity contribution in [2.24, 2.45) is 17.3 Å². The highest BCUT2D eigenvalue weighted by atomic mass is 79.9. The van der Waals surface area contributed by atoms with E-state index in [1.165, 1.54) is 17.5 Å². The Morgan fingerprint density at radius 2 is 2.13 bits per heavy atom. The highest BCUT2D eigenvalue weighted by molar-refractivity contribution is 9.09. The summed E-state index contributed by atoms with van der Waals surface area (Å²) >= 11 is 3.74. The SMILES string of the molecule is COc1ccc2c(c1)CC[C@@H]1[C@@H]2CC[C@]2(C)C(=O)C[C@@H](Br)C[C@@H]12. The van der Waals surface area contributed by atoms with Crippen molar-refractivity contribution in [1.29, 1.82) is 0 Å². The maximum Gasteiger partial charge on any atom is 0.140 e. The third kappa shape index (κ3) is 2.38. The standard InChI is InChI=1S/C20H25BrO2/c1-20-8-7-16-15-6-4-14(23-2)9-12(15)3-5-17(16)18(20)10-13(21)11-19(20)22/h4,6,9,13,16-18H,3,5,7-8,10-11H2,1-2H3/t13-,16+,17+,18-,20-/m0/s1. The number of Topliss-reactive ketones (excluding diaryl/α,β-unsaturated/α-hetero) is 1. The molecule has 2 nitrogen and oxygen atoms in total. The molecule has 0 aromatic heterocycles. The summed E-state index contributed by atoms with van der Waals surface area (Å²) in [6.07, 6.45) is 6.45. The van der Waals surface area contributed by atoms with Gasteiger partial charge in [-0.3, -0.25) is 4.79 Å². The molecule has 0 radical (unpaired) electrons. The van der Waals surface area contributed by atoms with Crippen LogP contribution in [0, 0.1) is 17.3 Å². The first kappa shape index (κ1) is 15.7. The van der Waals surface area contributed by atoms with Crippen LogP contribution in [0.25, 0.3) is 0 Å². The summed E-state index contributed by atoms with van der Waals surface area (Å²) in [5.74, 6) is 3.31. The van der Waals surface area contributed by atoms with E-state index in [1.54, 1.807) is 7.11 Å². The van der Waals surface area contributed by atoms with Crippen molar-refractivity contribution in [3.63, 3.8) is 0 Å². The summed E-state index contributed by atoms with van der Waals surface area (Å²) < 4.78 is 5.40. The summed E-state index contributed by atoms with van der Waals surface area (Å²) in [6.45, 7) is 2.25. The number of rotatable bonds is 1. The molecule has 0 aliphatic heterocycles. The Bertz CT molecular complexity index is 641. The number of ether oxygens (including phenoxy) is 1. The smallest absolute Gasteiger partial charge is 0.140 e. The van der Waals surface area contributed by atoms with E-state index in [4.69, 9.17) is 4.74 Å². The molecular formula is C20H25BrO2. The molecule has 1 aromatic rings. The first-order valence-electron chi connectivity index (χ1n) is 8.87. The monoisotopic (exact) mass is 376 g/mol. The average Bonchev–Trinajstić information content (AvgIpc) is 2.55. The first-order valence-corrected chi connectivity index (χ1v) is 9.78. The van der Waals surface area contributed by atoms with Gasteiger partial charge in [0.05, 0.1) is 7.11 Å². The Morgan fingerprint density at radius 1 is 1.30 bits per heavy atom. The van der Waals surface area contributed by atoms with Crippen molar-refractivity contribution < 1.29 is 9.53 Å². The number of hydrogen-bond acceptors (Lipinski definition) is 2. The normalized spacial score (nSPS) is 39.2. The number of alkyl halides is 1. The van der Waals surface area contributed by atoms with Crippen LogP contribution >= 0.6 is 15.9 Å². The van der Waals surface area contributed by atoms with Crippen LogP contribution in [-0.4, -0.2) is 17.7 Å². The summed E-state index contributed by atoms with van der Waals surface area (Å²) in [4.78, 5) is 13.1. The Labute approximate surface area is 147 Å². The Balaban J connectivity index is 1.69. The summed E-state index contributed by atoms with van der Waals surface area (Å²) in [5.41, 5.74) is 2.91. The van der Waals surface area contributed by atoms with Crippen LogP contribution in [0.4, 0.5) is 0 Å². The van der Waals surface area contributed by atoms with Crippen molar-refractivity contribution in [2.45, 2.75) is 56.2 Å². The lowest BCUT2D eigenvalue weighted by molar-refractivity contribution is -0.139. The fourth-order valence-electron chi connectivity index (χ4n) is 5.58. The Morgan fingerprint density at radius 3 is 2.91 bits per heavy atom. The van der Waals surface area contributed by atoms with Crippen LogP contribution < -0.4 is 4.74 Å². The Hall–Kier alpha value is -0.830. The van der Waals surface area contributed by atoms with Crippen molar-refractivity contribution in [3.05, 3.63) is 29.3 Å². The summed E-state index contributed by atoms with van der Waals surface area (Å²) in [7, 11) is 1.74. The minimum Gasteiger partial charge on any atom is -0.497 e. The maximum absolute atomic E-state index is 12.7. The van der Waals surface area contributed by atoms with Crippen LogP contribution in [0.5, 0.6) is 5.75 Å². The minimum atomic E-state index is -0.0740. The zero-order chi connectivity index (χ0) is 16.2. The van der Waals surface area contributed by atoms with Crippen LogP contribution in [0.1, 0.15) is 56.1 Å². The van der Waals surface area contributed by atoms with Crippen LogP contribution in [0.2, 0.25) is 0 Å². The van der Waals surface area contributed by atoms with Crippen molar-refractivity contribution in [3.8, 4) is 5.75 Å². The molecule has 124 valence electrons. The lowest BCUT2D eigenvalue weighted by Crippen LogP contribution is -2.51. The number of hydrogen-bond donors (Lipinski definition) is 0. The molecule has 3 aliphatic rings. The predicted octanol–water partition coefficient (Wildman–Crippen LogP) is 4.88. The third-order valence-corrected chi connectivity index (χ3v) is 7.57. The van der Waals surface area contributed by atoms with Gasteiger partial charge >= 0.3 is 0 Å². The zero-order valence-electron chi connectivity index (χ0n) is 14.0. The van der Waals surface area contributed by atoms with E-state index >= 15 is 0 Å². The van der Waals surface area contributed by atoms with E-state index in [2.05, 4.69) is 41.1 Å². The summed E-state index contributed by atoms with van der Waals surface area (Å²) in [5, 5.41) is 0. The second-order valence-corrected chi connectivity index (χ2v) is 9.19. The molecule has 0 N–H and O–H groups in total. The largest absolute Gasteiger partial charge is 0.497 e. The van der Waals surface area contributed by atoms with E-state index in [1.807, 2.05) is 0 Å². The third-order valence-electron chi connectivity index (χ3n) is 6.88. The number of carbonyl (C=O) groups is 1. The number of benzene rings is 1. The van der Waals surface area contributed by atoms with Crippen LogP contribution in [0.3, 0.4) is 0 Å². The molecule has 3 aliphatic carbocycles. The molecule has 2 fully saturated rings. The van der Waals surface area contributed by atoms with Gasteiger partial charge in [-0.2, -0.15) is 0 Å². The van der Waals surface area contributed by atoms with Gasteiger partial charge in [-0.05, 0) is 73.1 Å². The fourth-order valence-corrected chi connectivity index (χ4v) is 6.28. The van der Waals surface area contributed by atoms with E-state index in [-0.39, 0.29) is 5.41 Å². The maximum atomic E-state index is 12.7. The van der Waals surface area contributed by atoms with Crippen molar-refractivity contribution in [1.82, 2.24) is 0 Å². The van der Waals surface area contributed by atoms with Gasteiger partial charge in [-0.25, -0.2) is 0 Å². The molecule has 0 bridgehead atoms. The molecule has 23 heavy (non-hydrogen) atoms. The topological polar surface area (TPSA) is 26.3 Å². The number of carbonyl (C=O) groups excluding carboxylic acids is 1. The van der Waals surface area contributed by atoms with Gasteiger partial charge in [-0.15, -0.1) is 0 Å². The predicted molar refractivity (Wildman–Crippen MR) is 95.3 cm³/mol. The van der Waals surface area contributed by atoms with Gasteiger partial charge in [0.2, 0.25) is 0 Å². The molecule has 3 heteroatoms. The molecule has 1 aromatic carbocycles. The van der Waals surface area contributed by atoms with Gasteiger partial charge < -0.3 is 4.74 Å². The molecule has 0 saturated heterocycles. The quantitative estimate of drug-likeness (QED) is 0.652. The second kappa shape index (κ2) is 5.61. The van der Waals surface area contributed by atoms with Gasteiger partial charge in [0, 0.05) is 16.7 Å². The molecule has 2 saturated carbocycles. The number of methoxy groups -OCH3 is 1. The second-order valence-electron chi connectivity index (χ2n) is 7.90. The van der Waals surface area contributed by atoms with E-state index in [0.717, 1.165) is 37.9 Å². The van der Waals surface area contributed by atoms with E-state index in [0.29, 0.717) is 28.4 Å². The molecule has 0 spiro atoms. The molecule has 0 heterocycles. The highest BCUT2D eigenvalue weighted by Gasteiger charge is 2.54. The number of ketones is 1. The zero-order valence-corrected chi connectivity index (χ0v) is 15.6. The van der Waals surface area contributed by atoms with E-state index < -0.39 is 0 Å². The average molecular weight is 377 g/mol. The Kier molecular flexibility index (Phi) is 3.83.